The molecule has 2 heterocycles. The molecule has 3 rings (SSSR count). The van der Waals surface area contributed by atoms with Crippen molar-refractivity contribution >= 4 is 20.9 Å². The average molecular weight is 294 g/mol. The van der Waals surface area contributed by atoms with Gasteiger partial charge in [0.2, 0.25) is 5.89 Å². The molecule has 0 aliphatic carbocycles. The molecule has 0 N–H and O–H groups in total. The molecule has 108 valence electrons. The van der Waals surface area contributed by atoms with Crippen molar-refractivity contribution in [1.82, 2.24) is 9.88 Å². The first-order chi connectivity index (χ1) is 9.47. The number of hydrogen-bond donors (Lipinski definition) is 0. The molecule has 2 aromatic rings. The molecule has 0 spiro atoms. The highest BCUT2D eigenvalue weighted by Gasteiger charge is 2.33. The minimum absolute atomic E-state index is 0.0136. The van der Waals surface area contributed by atoms with E-state index in [1.54, 1.807) is 6.92 Å². The Labute approximate surface area is 118 Å². The Balaban J connectivity index is 1.84. The quantitative estimate of drug-likeness (QED) is 0.847. The lowest BCUT2D eigenvalue weighted by Gasteiger charge is -2.33. The number of para-hydroxylation sites is 2. The summed E-state index contributed by atoms with van der Waals surface area (Å²) in [5, 5.41) is -0.330. The summed E-state index contributed by atoms with van der Waals surface area (Å²) in [5.74, 6) is 0.858. The van der Waals surface area contributed by atoms with Crippen molar-refractivity contribution in [3.8, 4) is 0 Å². The number of rotatable bonds is 2. The molecule has 1 saturated heterocycles. The molecule has 2 atom stereocenters. The molecule has 6 heteroatoms. The summed E-state index contributed by atoms with van der Waals surface area (Å²) in [6, 6.07) is 7.63. The van der Waals surface area contributed by atoms with Crippen LogP contribution in [0.4, 0.5) is 0 Å². The molecule has 20 heavy (non-hydrogen) atoms. The van der Waals surface area contributed by atoms with Crippen LogP contribution in [0, 0.1) is 0 Å². The van der Waals surface area contributed by atoms with Gasteiger partial charge in [-0.25, -0.2) is 13.4 Å². The van der Waals surface area contributed by atoms with Crippen LogP contribution in [0.15, 0.2) is 28.7 Å². The van der Waals surface area contributed by atoms with Crippen LogP contribution in [0.25, 0.3) is 11.1 Å². The normalized spacial score (nSPS) is 24.8. The van der Waals surface area contributed by atoms with Gasteiger partial charge in [-0.3, -0.25) is 4.90 Å². The Morgan fingerprint density at radius 2 is 2.15 bits per heavy atom. The lowest BCUT2D eigenvalue weighted by atomic mass is 10.2. The van der Waals surface area contributed by atoms with Crippen molar-refractivity contribution < 1.29 is 12.8 Å². The highest BCUT2D eigenvalue weighted by atomic mass is 32.2. The third kappa shape index (κ3) is 2.33. The first-order valence-corrected chi connectivity index (χ1v) is 8.50. The molecule has 1 aromatic carbocycles. The van der Waals surface area contributed by atoms with Gasteiger partial charge in [0.25, 0.3) is 0 Å². The van der Waals surface area contributed by atoms with E-state index in [9.17, 15) is 8.42 Å². The molecule has 1 aromatic heterocycles. The van der Waals surface area contributed by atoms with Crippen LogP contribution in [0.5, 0.6) is 0 Å². The summed E-state index contributed by atoms with van der Waals surface area (Å²) in [6.07, 6.45) is 0. The largest absolute Gasteiger partial charge is 0.439 e. The van der Waals surface area contributed by atoms with Gasteiger partial charge in [-0.05, 0) is 26.0 Å². The van der Waals surface area contributed by atoms with E-state index in [0.29, 0.717) is 19.0 Å². The van der Waals surface area contributed by atoms with Gasteiger partial charge in [0.15, 0.2) is 15.4 Å². The standard InChI is InChI=1S/C14H18N2O3S/c1-10-9-16(7-8-20(10,17)18)11(2)14-15-12-5-3-4-6-13(12)19-14/h3-6,10-11H,7-9H2,1-2H3. The van der Waals surface area contributed by atoms with Crippen molar-refractivity contribution in [1.29, 1.82) is 0 Å². The minimum atomic E-state index is -2.93. The fourth-order valence-corrected chi connectivity index (χ4v) is 3.87. The highest BCUT2D eigenvalue weighted by molar-refractivity contribution is 7.92. The average Bonchev–Trinajstić information content (AvgIpc) is 2.85. The second-order valence-electron chi connectivity index (χ2n) is 5.37. The van der Waals surface area contributed by atoms with Crippen LogP contribution >= 0.6 is 0 Å². The zero-order valence-electron chi connectivity index (χ0n) is 11.6. The minimum Gasteiger partial charge on any atom is -0.439 e. The third-order valence-corrected chi connectivity index (χ3v) is 6.11. The molecule has 0 saturated carbocycles. The maximum Gasteiger partial charge on any atom is 0.212 e. The van der Waals surface area contributed by atoms with Crippen molar-refractivity contribution in [3.05, 3.63) is 30.2 Å². The van der Waals surface area contributed by atoms with E-state index >= 15 is 0 Å². The van der Waals surface area contributed by atoms with Gasteiger partial charge in [-0.2, -0.15) is 0 Å². The van der Waals surface area contributed by atoms with E-state index in [2.05, 4.69) is 9.88 Å². The van der Waals surface area contributed by atoms with E-state index in [-0.39, 0.29) is 17.0 Å². The van der Waals surface area contributed by atoms with Crippen LogP contribution in [0.2, 0.25) is 0 Å². The van der Waals surface area contributed by atoms with Crippen LogP contribution < -0.4 is 0 Å². The van der Waals surface area contributed by atoms with Gasteiger partial charge in [0, 0.05) is 13.1 Å². The zero-order chi connectivity index (χ0) is 14.3. The molecule has 0 amide bonds. The summed E-state index contributed by atoms with van der Waals surface area (Å²) in [4.78, 5) is 6.61. The molecule has 1 aliphatic rings. The second kappa shape index (κ2) is 4.86. The number of sulfone groups is 1. The van der Waals surface area contributed by atoms with Gasteiger partial charge >= 0.3 is 0 Å². The SMILES string of the molecule is CC(c1nc2ccccc2o1)N1CCS(=O)(=O)C(C)C1. The number of benzene rings is 1. The topological polar surface area (TPSA) is 63.4 Å². The Kier molecular flexibility index (Phi) is 3.30. The van der Waals surface area contributed by atoms with Gasteiger partial charge in [0.05, 0.1) is 17.0 Å². The summed E-state index contributed by atoms with van der Waals surface area (Å²) in [5.41, 5.74) is 1.61. The fourth-order valence-electron chi connectivity index (χ4n) is 2.56. The lowest BCUT2D eigenvalue weighted by Crippen LogP contribution is -2.46. The summed E-state index contributed by atoms with van der Waals surface area (Å²) in [6.45, 7) is 4.84. The van der Waals surface area contributed by atoms with Gasteiger partial charge in [-0.1, -0.05) is 12.1 Å². The second-order valence-corrected chi connectivity index (χ2v) is 7.91. The summed E-state index contributed by atoms with van der Waals surface area (Å²) < 4.78 is 29.3. The van der Waals surface area contributed by atoms with Crippen molar-refractivity contribution in [3.63, 3.8) is 0 Å². The predicted molar refractivity (Wildman–Crippen MR) is 77.2 cm³/mol. The Morgan fingerprint density at radius 1 is 1.40 bits per heavy atom. The first-order valence-electron chi connectivity index (χ1n) is 6.78. The van der Waals surface area contributed by atoms with Crippen LogP contribution in [-0.2, 0) is 9.84 Å². The van der Waals surface area contributed by atoms with E-state index in [1.165, 1.54) is 0 Å². The fraction of sp³-hybridized carbons (Fsp3) is 0.500. The number of aromatic nitrogens is 1. The van der Waals surface area contributed by atoms with Crippen LogP contribution in [0.3, 0.4) is 0 Å². The monoisotopic (exact) mass is 294 g/mol. The maximum absolute atomic E-state index is 11.8. The van der Waals surface area contributed by atoms with E-state index < -0.39 is 9.84 Å². The number of oxazole rings is 1. The first kappa shape index (κ1) is 13.6. The molecule has 0 bridgehead atoms. The molecule has 1 aliphatic heterocycles. The lowest BCUT2D eigenvalue weighted by molar-refractivity contribution is 0.189. The van der Waals surface area contributed by atoms with Crippen molar-refractivity contribution in [2.45, 2.75) is 25.1 Å². The molecule has 0 radical (unpaired) electrons. The molecular weight excluding hydrogens is 276 g/mol. The van der Waals surface area contributed by atoms with Gasteiger partial charge in [0.1, 0.15) is 5.52 Å². The zero-order valence-corrected chi connectivity index (χ0v) is 12.4. The third-order valence-electron chi connectivity index (χ3n) is 3.98. The summed E-state index contributed by atoms with van der Waals surface area (Å²) >= 11 is 0. The number of hydrogen-bond acceptors (Lipinski definition) is 5. The molecule has 2 unspecified atom stereocenters. The molecule has 1 fully saturated rings. The van der Waals surface area contributed by atoms with Crippen molar-refractivity contribution in [2.24, 2.45) is 0 Å². The van der Waals surface area contributed by atoms with E-state index in [4.69, 9.17) is 4.42 Å². The predicted octanol–water partition coefficient (Wildman–Crippen LogP) is 2.01. The van der Waals surface area contributed by atoms with Crippen molar-refractivity contribution in [2.75, 3.05) is 18.8 Å². The molecule has 5 nitrogen and oxygen atoms in total. The Morgan fingerprint density at radius 3 is 2.85 bits per heavy atom. The smallest absolute Gasteiger partial charge is 0.212 e. The van der Waals surface area contributed by atoms with Crippen LogP contribution in [-0.4, -0.2) is 42.4 Å². The van der Waals surface area contributed by atoms with Gasteiger partial charge in [-0.15, -0.1) is 0 Å². The van der Waals surface area contributed by atoms with Crippen LogP contribution in [0.1, 0.15) is 25.8 Å². The molecular formula is C14H18N2O3S. The van der Waals surface area contributed by atoms with E-state index in [0.717, 1.165) is 11.1 Å². The Hall–Kier alpha value is -1.40. The number of fused-ring (bicyclic) bond motifs is 1. The Bertz CT molecular complexity index is 690. The highest BCUT2D eigenvalue weighted by Crippen LogP contribution is 2.26. The number of nitrogens with zero attached hydrogens (tertiary/aromatic N) is 2. The van der Waals surface area contributed by atoms with E-state index in [1.807, 2.05) is 31.2 Å². The van der Waals surface area contributed by atoms with Gasteiger partial charge < -0.3 is 4.42 Å². The summed E-state index contributed by atoms with van der Waals surface area (Å²) in [7, 11) is -2.93. The maximum atomic E-state index is 11.8.